The van der Waals surface area contributed by atoms with Crippen LogP contribution in [-0.2, 0) is 9.59 Å². The molecule has 2 amide bonds. The normalized spacial score (nSPS) is 15.9. The van der Waals surface area contributed by atoms with Crippen molar-refractivity contribution in [3.05, 3.63) is 59.0 Å². The number of fused-ring (bicyclic) bond motifs is 1. The molecule has 1 aliphatic rings. The molecule has 0 fully saturated rings. The van der Waals surface area contributed by atoms with Crippen molar-refractivity contribution in [1.29, 1.82) is 0 Å². The van der Waals surface area contributed by atoms with Crippen LogP contribution in [-0.4, -0.2) is 34.3 Å². The van der Waals surface area contributed by atoms with E-state index in [1.165, 1.54) is 6.08 Å². The lowest BCUT2D eigenvalue weighted by Gasteiger charge is -2.27. The van der Waals surface area contributed by atoms with Gasteiger partial charge < -0.3 is 9.52 Å². The molecule has 116 valence electrons. The largest absolute Gasteiger partial charge is 0.480 e. The summed E-state index contributed by atoms with van der Waals surface area (Å²) >= 11 is 0. The molecule has 0 atom stereocenters. The molecule has 0 saturated carbocycles. The summed E-state index contributed by atoms with van der Waals surface area (Å²) < 4.78 is 5.44. The smallest absolute Gasteiger partial charge is 0.323 e. The van der Waals surface area contributed by atoms with Gasteiger partial charge in [0.1, 0.15) is 18.1 Å². The van der Waals surface area contributed by atoms with E-state index >= 15 is 0 Å². The van der Waals surface area contributed by atoms with E-state index in [1.54, 1.807) is 43.3 Å². The number of rotatable bonds is 3. The van der Waals surface area contributed by atoms with Gasteiger partial charge >= 0.3 is 5.97 Å². The maximum Gasteiger partial charge on any atom is 0.323 e. The highest BCUT2D eigenvalue weighted by atomic mass is 16.4. The number of carbonyl (C=O) groups excluding carboxylic acids is 2. The van der Waals surface area contributed by atoms with Gasteiger partial charge in [0.05, 0.1) is 5.57 Å². The Morgan fingerprint density at radius 2 is 1.83 bits per heavy atom. The number of amides is 2. The first kappa shape index (κ1) is 14.8. The van der Waals surface area contributed by atoms with E-state index in [0.717, 1.165) is 4.90 Å². The standard InChI is InChI=1S/C17H13NO5/c1-10-6-7-11(23-10)8-14-12-4-2-3-5-13(12)16(21)18(17(14)22)9-15(19)20/h2-8H,9H2,1H3,(H,19,20)/b14-8-. The summed E-state index contributed by atoms with van der Waals surface area (Å²) in [5.74, 6) is -1.36. The molecule has 3 rings (SSSR count). The Morgan fingerprint density at radius 3 is 2.43 bits per heavy atom. The van der Waals surface area contributed by atoms with Crippen LogP contribution in [0.25, 0.3) is 11.6 Å². The lowest BCUT2D eigenvalue weighted by molar-refractivity contribution is -0.141. The van der Waals surface area contributed by atoms with Gasteiger partial charge in [0, 0.05) is 11.1 Å². The molecule has 6 heteroatoms. The van der Waals surface area contributed by atoms with Crippen molar-refractivity contribution in [3.8, 4) is 0 Å². The van der Waals surface area contributed by atoms with Gasteiger partial charge in [-0.25, -0.2) is 0 Å². The Bertz CT molecular complexity index is 846. The van der Waals surface area contributed by atoms with Crippen molar-refractivity contribution in [3.63, 3.8) is 0 Å². The van der Waals surface area contributed by atoms with Crippen LogP contribution in [0, 0.1) is 6.92 Å². The van der Waals surface area contributed by atoms with Gasteiger partial charge in [-0.15, -0.1) is 0 Å². The monoisotopic (exact) mass is 311 g/mol. The predicted octanol–water partition coefficient (Wildman–Crippen LogP) is 2.20. The molecule has 1 aromatic carbocycles. The van der Waals surface area contributed by atoms with Crippen LogP contribution in [0.3, 0.4) is 0 Å². The number of aryl methyl sites for hydroxylation is 1. The molecule has 2 heterocycles. The van der Waals surface area contributed by atoms with Crippen LogP contribution in [0.5, 0.6) is 0 Å². The minimum Gasteiger partial charge on any atom is -0.480 e. The molecule has 1 aliphatic heterocycles. The third-order valence-electron chi connectivity index (χ3n) is 3.51. The molecule has 0 spiro atoms. The number of hydrogen-bond donors (Lipinski definition) is 1. The zero-order valence-electron chi connectivity index (χ0n) is 12.3. The summed E-state index contributed by atoms with van der Waals surface area (Å²) in [5, 5.41) is 8.94. The molecule has 23 heavy (non-hydrogen) atoms. The number of aliphatic carboxylic acids is 1. The van der Waals surface area contributed by atoms with Gasteiger partial charge in [-0.1, -0.05) is 18.2 Å². The van der Waals surface area contributed by atoms with Crippen LogP contribution >= 0.6 is 0 Å². The predicted molar refractivity (Wildman–Crippen MR) is 81.4 cm³/mol. The van der Waals surface area contributed by atoms with E-state index in [1.807, 2.05) is 0 Å². The van der Waals surface area contributed by atoms with Crippen molar-refractivity contribution in [1.82, 2.24) is 4.90 Å². The number of hydrogen-bond acceptors (Lipinski definition) is 4. The van der Waals surface area contributed by atoms with Crippen LogP contribution in [0.4, 0.5) is 0 Å². The average molecular weight is 311 g/mol. The van der Waals surface area contributed by atoms with E-state index < -0.39 is 24.3 Å². The molecule has 0 aliphatic carbocycles. The molecular weight excluding hydrogens is 298 g/mol. The molecule has 1 aromatic heterocycles. The fraction of sp³-hybridized carbons (Fsp3) is 0.118. The van der Waals surface area contributed by atoms with Gasteiger partial charge in [0.25, 0.3) is 11.8 Å². The molecule has 2 aromatic rings. The lowest BCUT2D eigenvalue weighted by Crippen LogP contribution is -2.44. The van der Waals surface area contributed by atoms with Crippen LogP contribution in [0.15, 0.2) is 40.8 Å². The lowest BCUT2D eigenvalue weighted by atomic mass is 9.93. The number of carbonyl (C=O) groups is 3. The Labute approximate surface area is 131 Å². The van der Waals surface area contributed by atoms with Gasteiger partial charge in [0.15, 0.2) is 0 Å². The van der Waals surface area contributed by atoms with Gasteiger partial charge in [-0.05, 0) is 31.2 Å². The van der Waals surface area contributed by atoms with Gasteiger partial charge in [-0.3, -0.25) is 19.3 Å². The fourth-order valence-electron chi connectivity index (χ4n) is 2.49. The molecule has 0 unspecified atom stereocenters. The number of carboxylic acid groups (broad SMARTS) is 1. The minimum atomic E-state index is -1.25. The van der Waals surface area contributed by atoms with Crippen molar-refractivity contribution in [2.45, 2.75) is 6.92 Å². The van der Waals surface area contributed by atoms with Crippen LogP contribution in [0.1, 0.15) is 27.4 Å². The van der Waals surface area contributed by atoms with Crippen molar-refractivity contribution in [2.24, 2.45) is 0 Å². The maximum atomic E-state index is 12.6. The second-order valence-electron chi connectivity index (χ2n) is 5.14. The summed E-state index contributed by atoms with van der Waals surface area (Å²) in [7, 11) is 0. The summed E-state index contributed by atoms with van der Waals surface area (Å²) in [4.78, 5) is 36.6. The highest BCUT2D eigenvalue weighted by Crippen LogP contribution is 2.30. The molecule has 1 N–H and O–H groups in total. The van der Waals surface area contributed by atoms with Crippen LogP contribution < -0.4 is 0 Å². The zero-order valence-corrected chi connectivity index (χ0v) is 12.3. The topological polar surface area (TPSA) is 87.8 Å². The molecule has 0 bridgehead atoms. The number of carboxylic acids is 1. The number of nitrogens with zero attached hydrogens (tertiary/aromatic N) is 1. The van der Waals surface area contributed by atoms with E-state index in [0.29, 0.717) is 22.6 Å². The second kappa shape index (κ2) is 5.57. The Balaban J connectivity index is 2.15. The third-order valence-corrected chi connectivity index (χ3v) is 3.51. The molecule has 0 radical (unpaired) electrons. The quantitative estimate of drug-likeness (QED) is 0.693. The number of benzene rings is 1. The van der Waals surface area contributed by atoms with Gasteiger partial charge in [0.2, 0.25) is 0 Å². The van der Waals surface area contributed by atoms with E-state index in [-0.39, 0.29) is 5.57 Å². The van der Waals surface area contributed by atoms with Crippen molar-refractivity contribution >= 4 is 29.4 Å². The third kappa shape index (κ3) is 2.66. The number of furan rings is 1. The summed E-state index contributed by atoms with van der Waals surface area (Å²) in [6.45, 7) is 1.10. The van der Waals surface area contributed by atoms with E-state index in [2.05, 4.69) is 0 Å². The average Bonchev–Trinajstić information content (AvgIpc) is 2.93. The first-order valence-corrected chi connectivity index (χ1v) is 6.93. The van der Waals surface area contributed by atoms with E-state index in [4.69, 9.17) is 9.52 Å². The molecule has 0 saturated heterocycles. The Hall–Kier alpha value is -3.15. The molecular formula is C17H13NO5. The Morgan fingerprint density at radius 1 is 1.13 bits per heavy atom. The van der Waals surface area contributed by atoms with Crippen molar-refractivity contribution < 1.29 is 23.9 Å². The summed E-state index contributed by atoms with van der Waals surface area (Å²) in [6, 6.07) is 10.1. The minimum absolute atomic E-state index is 0.232. The summed E-state index contributed by atoms with van der Waals surface area (Å²) in [6.07, 6.45) is 1.52. The first-order valence-electron chi connectivity index (χ1n) is 6.93. The number of imide groups is 1. The van der Waals surface area contributed by atoms with Crippen molar-refractivity contribution in [2.75, 3.05) is 6.54 Å². The maximum absolute atomic E-state index is 12.6. The zero-order chi connectivity index (χ0) is 16.6. The Kier molecular flexibility index (Phi) is 3.57. The SMILES string of the molecule is Cc1ccc(/C=C2\C(=O)N(CC(=O)O)C(=O)c3ccccc32)o1. The highest BCUT2D eigenvalue weighted by Gasteiger charge is 2.35. The summed E-state index contributed by atoms with van der Waals surface area (Å²) in [5.41, 5.74) is 0.997. The first-order chi connectivity index (χ1) is 11.0. The molecule has 6 nitrogen and oxygen atoms in total. The fourth-order valence-corrected chi connectivity index (χ4v) is 2.49. The van der Waals surface area contributed by atoms with Gasteiger partial charge in [-0.2, -0.15) is 0 Å². The second-order valence-corrected chi connectivity index (χ2v) is 5.14. The highest BCUT2D eigenvalue weighted by molar-refractivity contribution is 6.34. The van der Waals surface area contributed by atoms with E-state index in [9.17, 15) is 14.4 Å². The van der Waals surface area contributed by atoms with Crippen LogP contribution in [0.2, 0.25) is 0 Å².